The Morgan fingerprint density at radius 1 is 1.34 bits per heavy atom. The molecular weight excluding hydrogens is 463 g/mol. The number of amides is 1. The van der Waals surface area contributed by atoms with Crippen molar-refractivity contribution in [1.82, 2.24) is 9.78 Å². The summed E-state index contributed by atoms with van der Waals surface area (Å²) in [6.45, 7) is 7.90. The number of benzene rings is 1. The minimum absolute atomic E-state index is 0.0379. The first-order valence-corrected chi connectivity index (χ1v) is 11.8. The molecule has 192 valence electrons. The highest BCUT2D eigenvalue weighted by atomic mass is 19.4. The first kappa shape index (κ1) is 25.5. The second-order valence-corrected chi connectivity index (χ2v) is 10.5. The Bertz CT molecular complexity index is 1090. The minimum atomic E-state index is -4.63. The maximum absolute atomic E-state index is 13.4. The lowest BCUT2D eigenvalue weighted by molar-refractivity contribution is -0.137. The van der Waals surface area contributed by atoms with Gasteiger partial charge in [0.2, 0.25) is 0 Å². The van der Waals surface area contributed by atoms with Crippen LogP contribution in [0.3, 0.4) is 0 Å². The average molecular weight is 496 g/mol. The summed E-state index contributed by atoms with van der Waals surface area (Å²) in [5.74, 6) is -0.347. The SMILES string of the molecule is Cc1c(C2(C)CC2)nn(C[C@H]2CCCO2)c1NC(=O)c1cc(C(F)(F)F)ccc1OCC(C)(C)O. The number of anilines is 1. The molecule has 2 heterocycles. The van der Waals surface area contributed by atoms with E-state index in [1.54, 1.807) is 4.68 Å². The van der Waals surface area contributed by atoms with E-state index >= 15 is 0 Å². The number of nitrogens with zero attached hydrogens (tertiary/aromatic N) is 2. The molecule has 2 N–H and O–H groups in total. The lowest BCUT2D eigenvalue weighted by atomic mass is 10.0. The standard InChI is InChI=1S/C25H32F3N3O4/c1-15-20(24(4)9-10-24)30-31(13-17-6-5-11-34-17)21(15)29-22(32)18-12-16(25(26,27)28)7-8-19(18)35-14-23(2,3)33/h7-8,12,17,33H,5-6,9-11,13-14H2,1-4H3,(H,29,32)/t17-/m1/s1. The molecule has 1 aromatic heterocycles. The van der Waals surface area contributed by atoms with Gasteiger partial charge in [-0.2, -0.15) is 18.3 Å². The number of rotatable bonds is 8. The number of hydrogen-bond donors (Lipinski definition) is 2. The highest BCUT2D eigenvalue weighted by molar-refractivity contribution is 6.06. The van der Waals surface area contributed by atoms with Crippen molar-refractivity contribution in [1.29, 1.82) is 0 Å². The molecule has 1 saturated heterocycles. The molecule has 1 aliphatic heterocycles. The van der Waals surface area contributed by atoms with Crippen LogP contribution < -0.4 is 10.1 Å². The number of aliphatic hydroxyl groups is 1. The van der Waals surface area contributed by atoms with Crippen molar-refractivity contribution in [2.24, 2.45) is 0 Å². The summed E-state index contributed by atoms with van der Waals surface area (Å²) in [6.07, 6.45) is -0.870. The summed E-state index contributed by atoms with van der Waals surface area (Å²) in [6, 6.07) is 2.74. The minimum Gasteiger partial charge on any atom is -0.490 e. The Morgan fingerprint density at radius 2 is 2.06 bits per heavy atom. The van der Waals surface area contributed by atoms with Gasteiger partial charge >= 0.3 is 6.18 Å². The monoisotopic (exact) mass is 495 g/mol. The Morgan fingerprint density at radius 3 is 2.63 bits per heavy atom. The summed E-state index contributed by atoms with van der Waals surface area (Å²) < 4.78 is 53.3. The van der Waals surface area contributed by atoms with Crippen LogP contribution in [0.15, 0.2) is 18.2 Å². The summed E-state index contributed by atoms with van der Waals surface area (Å²) in [5.41, 5.74) is -0.860. The molecule has 1 atom stereocenters. The van der Waals surface area contributed by atoms with E-state index in [1.165, 1.54) is 13.8 Å². The summed E-state index contributed by atoms with van der Waals surface area (Å²) in [5, 5.41) is 17.6. The molecule has 2 aliphatic rings. The van der Waals surface area contributed by atoms with E-state index in [9.17, 15) is 23.1 Å². The fraction of sp³-hybridized carbons (Fsp3) is 0.600. The van der Waals surface area contributed by atoms with Crippen LogP contribution in [0, 0.1) is 6.92 Å². The third-order valence-corrected chi connectivity index (χ3v) is 6.53. The van der Waals surface area contributed by atoms with Gasteiger partial charge in [0.05, 0.1) is 35.1 Å². The van der Waals surface area contributed by atoms with E-state index in [2.05, 4.69) is 12.2 Å². The molecule has 2 fully saturated rings. The van der Waals surface area contributed by atoms with Gasteiger partial charge in [-0.25, -0.2) is 4.68 Å². The molecule has 0 radical (unpaired) electrons. The molecule has 1 aromatic carbocycles. The van der Waals surface area contributed by atoms with Crippen molar-refractivity contribution in [2.45, 2.75) is 83.2 Å². The molecule has 0 spiro atoms. The molecule has 2 aromatic rings. The smallest absolute Gasteiger partial charge is 0.416 e. The number of aromatic nitrogens is 2. The van der Waals surface area contributed by atoms with Gasteiger partial charge in [0.25, 0.3) is 5.91 Å². The fourth-order valence-electron chi connectivity index (χ4n) is 4.26. The van der Waals surface area contributed by atoms with Crippen molar-refractivity contribution in [2.75, 3.05) is 18.5 Å². The summed E-state index contributed by atoms with van der Waals surface area (Å²) in [7, 11) is 0. The van der Waals surface area contributed by atoms with Gasteiger partial charge in [0.1, 0.15) is 18.2 Å². The Balaban J connectivity index is 1.68. The molecule has 1 saturated carbocycles. The molecule has 10 heteroatoms. The van der Waals surface area contributed by atoms with Crippen LogP contribution in [0.2, 0.25) is 0 Å². The number of alkyl halides is 3. The second kappa shape index (κ2) is 9.13. The van der Waals surface area contributed by atoms with Gasteiger partial charge in [-0.1, -0.05) is 6.92 Å². The molecule has 7 nitrogen and oxygen atoms in total. The average Bonchev–Trinajstić information content (AvgIpc) is 3.16. The zero-order valence-electron chi connectivity index (χ0n) is 20.5. The van der Waals surface area contributed by atoms with E-state index in [0.717, 1.165) is 55.1 Å². The lowest BCUT2D eigenvalue weighted by Gasteiger charge is -2.20. The van der Waals surface area contributed by atoms with Gasteiger partial charge in [-0.3, -0.25) is 4.79 Å². The largest absolute Gasteiger partial charge is 0.490 e. The zero-order valence-corrected chi connectivity index (χ0v) is 20.5. The Hall–Kier alpha value is -2.59. The maximum Gasteiger partial charge on any atom is 0.416 e. The number of carbonyl (C=O) groups is 1. The van der Waals surface area contributed by atoms with Crippen LogP contribution in [-0.4, -0.2) is 45.7 Å². The van der Waals surface area contributed by atoms with Gasteiger partial charge in [0.15, 0.2) is 0 Å². The van der Waals surface area contributed by atoms with Crippen molar-refractivity contribution in [3.63, 3.8) is 0 Å². The Kier molecular flexibility index (Phi) is 6.65. The predicted octanol–water partition coefficient (Wildman–Crippen LogP) is 4.84. The Labute approximate surface area is 202 Å². The number of carbonyl (C=O) groups excluding carboxylic acids is 1. The molecule has 4 rings (SSSR count). The molecule has 1 amide bonds. The van der Waals surface area contributed by atoms with Crippen LogP contribution in [0.25, 0.3) is 0 Å². The van der Waals surface area contributed by atoms with Crippen molar-refractivity contribution >= 4 is 11.7 Å². The topological polar surface area (TPSA) is 85.6 Å². The predicted molar refractivity (Wildman–Crippen MR) is 124 cm³/mol. The highest BCUT2D eigenvalue weighted by Gasteiger charge is 2.44. The molecule has 0 bridgehead atoms. The van der Waals surface area contributed by atoms with E-state index in [-0.39, 0.29) is 29.4 Å². The van der Waals surface area contributed by atoms with Crippen LogP contribution in [-0.2, 0) is 22.9 Å². The van der Waals surface area contributed by atoms with Crippen molar-refractivity contribution in [3.8, 4) is 5.75 Å². The molecule has 0 unspecified atom stereocenters. The maximum atomic E-state index is 13.4. The molecular formula is C25H32F3N3O4. The van der Waals surface area contributed by atoms with E-state index in [1.807, 2.05) is 6.92 Å². The normalized spacial score (nSPS) is 19.6. The number of halogens is 3. The van der Waals surface area contributed by atoms with Gasteiger partial charge in [0, 0.05) is 17.6 Å². The van der Waals surface area contributed by atoms with E-state index in [4.69, 9.17) is 14.6 Å². The summed E-state index contributed by atoms with van der Waals surface area (Å²) >= 11 is 0. The van der Waals surface area contributed by atoms with Crippen LogP contribution in [0.5, 0.6) is 5.75 Å². The van der Waals surface area contributed by atoms with Crippen molar-refractivity contribution < 1.29 is 32.5 Å². The molecule has 35 heavy (non-hydrogen) atoms. The van der Waals surface area contributed by atoms with Crippen LogP contribution in [0.1, 0.15) is 73.6 Å². The quantitative estimate of drug-likeness (QED) is 0.547. The van der Waals surface area contributed by atoms with Crippen molar-refractivity contribution in [3.05, 3.63) is 40.6 Å². The first-order chi connectivity index (χ1) is 16.3. The first-order valence-electron chi connectivity index (χ1n) is 11.8. The van der Waals surface area contributed by atoms with Gasteiger partial charge < -0.3 is 19.9 Å². The second-order valence-electron chi connectivity index (χ2n) is 10.5. The summed E-state index contributed by atoms with van der Waals surface area (Å²) in [4.78, 5) is 13.4. The molecule has 1 aliphatic carbocycles. The van der Waals surface area contributed by atoms with E-state index < -0.39 is 23.2 Å². The highest BCUT2D eigenvalue weighted by Crippen LogP contribution is 2.49. The number of nitrogens with one attached hydrogen (secondary N) is 1. The zero-order chi connectivity index (χ0) is 25.6. The number of ether oxygens (including phenoxy) is 2. The fourth-order valence-corrected chi connectivity index (χ4v) is 4.26. The van der Waals surface area contributed by atoms with Crippen LogP contribution >= 0.6 is 0 Å². The van der Waals surface area contributed by atoms with E-state index in [0.29, 0.717) is 19.0 Å². The van der Waals surface area contributed by atoms with Gasteiger partial charge in [-0.05, 0) is 64.7 Å². The van der Waals surface area contributed by atoms with Gasteiger partial charge in [-0.15, -0.1) is 0 Å². The lowest BCUT2D eigenvalue weighted by Crippen LogP contribution is -2.29. The van der Waals surface area contributed by atoms with Crippen LogP contribution in [0.4, 0.5) is 19.0 Å². The number of hydrogen-bond acceptors (Lipinski definition) is 5. The third kappa shape index (κ3) is 5.81. The third-order valence-electron chi connectivity index (χ3n) is 6.53.